The number of thiophene rings is 1. The fourth-order valence-corrected chi connectivity index (χ4v) is 4.95. The Balaban J connectivity index is 1.57. The van der Waals surface area contributed by atoms with Crippen molar-refractivity contribution in [1.29, 1.82) is 0 Å². The second kappa shape index (κ2) is 8.06. The molecule has 0 aliphatic heterocycles. The summed E-state index contributed by atoms with van der Waals surface area (Å²) in [6.45, 7) is 2.04. The number of hydrogen-bond donors (Lipinski definition) is 1. The molecule has 5 heteroatoms. The lowest BCUT2D eigenvalue weighted by molar-refractivity contribution is -0.121. The standard InChI is InChI=1S/C18H24N2OS2/c1-13-19-18(15-9-6-12-22-15)16(23-13)10-11-17(21)20-14-7-4-2-3-5-8-14/h6,9,12,14H,2-5,7-8,10-11H2,1H3,(H,20,21). The molecule has 3 nitrogen and oxygen atoms in total. The lowest BCUT2D eigenvalue weighted by Gasteiger charge is -2.16. The first-order chi connectivity index (χ1) is 11.2. The highest BCUT2D eigenvalue weighted by atomic mass is 32.1. The maximum Gasteiger partial charge on any atom is 0.220 e. The van der Waals surface area contributed by atoms with E-state index in [9.17, 15) is 4.79 Å². The minimum absolute atomic E-state index is 0.195. The van der Waals surface area contributed by atoms with E-state index in [-0.39, 0.29) is 5.91 Å². The van der Waals surface area contributed by atoms with E-state index in [0.717, 1.165) is 30.0 Å². The summed E-state index contributed by atoms with van der Waals surface area (Å²) >= 11 is 3.43. The third kappa shape index (κ3) is 4.64. The van der Waals surface area contributed by atoms with Crippen LogP contribution in [0.2, 0.25) is 0 Å². The van der Waals surface area contributed by atoms with Gasteiger partial charge in [-0.3, -0.25) is 4.79 Å². The second-order valence-electron chi connectivity index (χ2n) is 6.24. The number of aromatic nitrogens is 1. The zero-order valence-electron chi connectivity index (χ0n) is 13.6. The lowest BCUT2D eigenvalue weighted by Crippen LogP contribution is -2.34. The molecule has 2 aromatic heterocycles. The highest BCUT2D eigenvalue weighted by Gasteiger charge is 2.17. The molecule has 0 unspecified atom stereocenters. The van der Waals surface area contributed by atoms with E-state index in [0.29, 0.717) is 12.5 Å². The van der Waals surface area contributed by atoms with Crippen molar-refractivity contribution in [1.82, 2.24) is 10.3 Å². The topological polar surface area (TPSA) is 42.0 Å². The Morgan fingerprint density at radius 2 is 2.09 bits per heavy atom. The molecule has 124 valence electrons. The fourth-order valence-electron chi connectivity index (χ4n) is 3.20. The molecule has 2 aromatic rings. The van der Waals surface area contributed by atoms with Crippen molar-refractivity contribution in [2.24, 2.45) is 0 Å². The number of aryl methyl sites for hydroxylation is 2. The van der Waals surface area contributed by atoms with Gasteiger partial charge in [-0.15, -0.1) is 22.7 Å². The normalized spacial score (nSPS) is 16.2. The van der Waals surface area contributed by atoms with Crippen molar-refractivity contribution in [2.45, 2.75) is 64.3 Å². The molecule has 0 spiro atoms. The Bertz CT molecular complexity index is 625. The molecule has 23 heavy (non-hydrogen) atoms. The molecule has 1 aliphatic carbocycles. The van der Waals surface area contributed by atoms with Gasteiger partial charge in [-0.1, -0.05) is 31.7 Å². The van der Waals surface area contributed by atoms with Gasteiger partial charge in [-0.2, -0.15) is 0 Å². The highest BCUT2D eigenvalue weighted by Crippen LogP contribution is 2.32. The van der Waals surface area contributed by atoms with Crippen LogP contribution in [0.1, 0.15) is 54.8 Å². The molecule has 1 fully saturated rings. The summed E-state index contributed by atoms with van der Waals surface area (Å²) < 4.78 is 0. The first kappa shape index (κ1) is 16.7. The Morgan fingerprint density at radius 1 is 1.30 bits per heavy atom. The molecule has 1 amide bonds. The predicted octanol–water partition coefficient (Wildman–Crippen LogP) is 4.95. The van der Waals surface area contributed by atoms with E-state index in [1.807, 2.05) is 6.92 Å². The molecular weight excluding hydrogens is 324 g/mol. The van der Waals surface area contributed by atoms with Crippen LogP contribution in [0.4, 0.5) is 0 Å². The number of thiazole rings is 1. The monoisotopic (exact) mass is 348 g/mol. The molecule has 0 radical (unpaired) electrons. The smallest absolute Gasteiger partial charge is 0.220 e. The number of nitrogens with one attached hydrogen (secondary N) is 1. The van der Waals surface area contributed by atoms with Gasteiger partial charge in [-0.25, -0.2) is 4.98 Å². The van der Waals surface area contributed by atoms with Crippen molar-refractivity contribution in [2.75, 3.05) is 0 Å². The van der Waals surface area contributed by atoms with Gasteiger partial charge in [0.1, 0.15) is 0 Å². The molecule has 1 aliphatic rings. The number of nitrogens with zero attached hydrogens (tertiary/aromatic N) is 1. The molecule has 2 heterocycles. The Hall–Kier alpha value is -1.20. The molecule has 0 atom stereocenters. The van der Waals surface area contributed by atoms with Gasteiger partial charge in [0, 0.05) is 17.3 Å². The van der Waals surface area contributed by atoms with Crippen molar-refractivity contribution < 1.29 is 4.79 Å². The van der Waals surface area contributed by atoms with E-state index in [1.54, 1.807) is 22.7 Å². The fraction of sp³-hybridized carbons (Fsp3) is 0.556. The third-order valence-corrected chi connectivity index (χ3v) is 6.27. The summed E-state index contributed by atoms with van der Waals surface area (Å²) in [7, 11) is 0. The van der Waals surface area contributed by atoms with Gasteiger partial charge in [0.05, 0.1) is 15.6 Å². The molecule has 0 saturated heterocycles. The average molecular weight is 349 g/mol. The van der Waals surface area contributed by atoms with Crippen LogP contribution in [0.25, 0.3) is 10.6 Å². The van der Waals surface area contributed by atoms with Crippen LogP contribution in [-0.2, 0) is 11.2 Å². The summed E-state index contributed by atoms with van der Waals surface area (Å²) in [4.78, 5) is 19.4. The molecule has 1 saturated carbocycles. The summed E-state index contributed by atoms with van der Waals surface area (Å²) in [5, 5.41) is 6.39. The Morgan fingerprint density at radius 3 is 2.78 bits per heavy atom. The van der Waals surface area contributed by atoms with E-state index < -0.39 is 0 Å². The quantitative estimate of drug-likeness (QED) is 0.777. The van der Waals surface area contributed by atoms with Crippen LogP contribution >= 0.6 is 22.7 Å². The third-order valence-electron chi connectivity index (χ3n) is 4.36. The Labute approximate surface area is 146 Å². The summed E-state index contributed by atoms with van der Waals surface area (Å²) in [5.74, 6) is 0.195. The molecular formula is C18H24N2OS2. The van der Waals surface area contributed by atoms with Crippen LogP contribution in [-0.4, -0.2) is 16.9 Å². The Kier molecular flexibility index (Phi) is 5.84. The highest BCUT2D eigenvalue weighted by molar-refractivity contribution is 7.15. The van der Waals surface area contributed by atoms with E-state index in [1.165, 1.54) is 35.4 Å². The van der Waals surface area contributed by atoms with E-state index >= 15 is 0 Å². The van der Waals surface area contributed by atoms with Crippen LogP contribution < -0.4 is 5.32 Å². The maximum atomic E-state index is 12.3. The zero-order chi connectivity index (χ0) is 16.1. The summed E-state index contributed by atoms with van der Waals surface area (Å²) in [6.07, 6.45) is 8.78. The van der Waals surface area contributed by atoms with Gasteiger partial charge >= 0.3 is 0 Å². The van der Waals surface area contributed by atoms with E-state index in [4.69, 9.17) is 0 Å². The molecule has 1 N–H and O–H groups in total. The van der Waals surface area contributed by atoms with Crippen LogP contribution in [0, 0.1) is 6.92 Å². The lowest BCUT2D eigenvalue weighted by atomic mass is 10.1. The number of carbonyl (C=O) groups excluding carboxylic acids is 1. The largest absolute Gasteiger partial charge is 0.353 e. The average Bonchev–Trinajstić information content (AvgIpc) is 3.10. The minimum Gasteiger partial charge on any atom is -0.353 e. The number of hydrogen-bond acceptors (Lipinski definition) is 4. The molecule has 0 aromatic carbocycles. The molecule has 3 rings (SSSR count). The second-order valence-corrected chi connectivity index (χ2v) is 8.47. The molecule has 0 bridgehead atoms. The van der Waals surface area contributed by atoms with Crippen LogP contribution in [0.15, 0.2) is 17.5 Å². The summed E-state index contributed by atoms with van der Waals surface area (Å²) in [5.41, 5.74) is 1.07. The minimum atomic E-state index is 0.195. The maximum absolute atomic E-state index is 12.3. The van der Waals surface area contributed by atoms with E-state index in [2.05, 4.69) is 27.8 Å². The number of carbonyl (C=O) groups is 1. The van der Waals surface area contributed by atoms with Crippen molar-refractivity contribution in [3.8, 4) is 10.6 Å². The van der Waals surface area contributed by atoms with Gasteiger partial charge in [0.15, 0.2) is 0 Å². The first-order valence-electron chi connectivity index (χ1n) is 8.52. The number of amides is 1. The number of rotatable bonds is 5. The SMILES string of the molecule is Cc1nc(-c2cccs2)c(CCC(=O)NC2CCCCCC2)s1. The van der Waals surface area contributed by atoms with Gasteiger partial charge < -0.3 is 5.32 Å². The summed E-state index contributed by atoms with van der Waals surface area (Å²) in [6, 6.07) is 4.55. The van der Waals surface area contributed by atoms with Crippen LogP contribution in [0.5, 0.6) is 0 Å². The van der Waals surface area contributed by atoms with Gasteiger partial charge in [-0.05, 0) is 37.6 Å². The van der Waals surface area contributed by atoms with Crippen molar-refractivity contribution in [3.05, 3.63) is 27.4 Å². The van der Waals surface area contributed by atoms with Gasteiger partial charge in [0.2, 0.25) is 5.91 Å². The first-order valence-corrected chi connectivity index (χ1v) is 10.2. The zero-order valence-corrected chi connectivity index (χ0v) is 15.3. The van der Waals surface area contributed by atoms with Gasteiger partial charge in [0.25, 0.3) is 0 Å². The van der Waals surface area contributed by atoms with Crippen LogP contribution in [0.3, 0.4) is 0 Å². The predicted molar refractivity (Wildman–Crippen MR) is 98.1 cm³/mol. The van der Waals surface area contributed by atoms with Crippen molar-refractivity contribution in [3.63, 3.8) is 0 Å². The van der Waals surface area contributed by atoms with Crippen molar-refractivity contribution >= 4 is 28.6 Å².